The van der Waals surface area contributed by atoms with E-state index >= 15 is 0 Å². The van der Waals surface area contributed by atoms with Gasteiger partial charge in [-0.15, -0.1) is 0 Å². The van der Waals surface area contributed by atoms with Crippen molar-refractivity contribution in [2.45, 2.75) is 32.7 Å². The quantitative estimate of drug-likeness (QED) is 0.805. The van der Waals surface area contributed by atoms with Crippen LogP contribution in [0.4, 0.5) is 0 Å². The van der Waals surface area contributed by atoms with Crippen molar-refractivity contribution in [1.82, 2.24) is 10.1 Å². The molecule has 0 fully saturated rings. The summed E-state index contributed by atoms with van der Waals surface area (Å²) in [4.78, 5) is 14.4. The lowest BCUT2D eigenvalue weighted by atomic mass is 10.1. The van der Waals surface area contributed by atoms with Crippen LogP contribution in [0.5, 0.6) is 0 Å². The number of aryl methyl sites for hydroxylation is 1. The predicted octanol–water partition coefficient (Wildman–Crippen LogP) is 2.95. The maximum Gasteiger partial charge on any atom is 0.229 e. The molecule has 5 nitrogen and oxygen atoms in total. The topological polar surface area (TPSA) is 72.4 Å². The van der Waals surface area contributed by atoms with Gasteiger partial charge in [0.1, 0.15) is 0 Å². The SMILES string of the molecule is Cc1noc(Cl)c1CCC(=O)N(CCCN)Cc1ccccc1. The lowest BCUT2D eigenvalue weighted by molar-refractivity contribution is -0.131. The molecule has 1 aromatic heterocycles. The average Bonchev–Trinajstić information content (AvgIpc) is 2.88. The van der Waals surface area contributed by atoms with E-state index in [1.165, 1.54) is 0 Å². The van der Waals surface area contributed by atoms with Crippen molar-refractivity contribution in [3.63, 3.8) is 0 Å². The molecule has 0 aliphatic heterocycles. The van der Waals surface area contributed by atoms with Gasteiger partial charge in [0, 0.05) is 25.1 Å². The van der Waals surface area contributed by atoms with Gasteiger partial charge in [0.05, 0.1) is 5.69 Å². The first-order valence-electron chi connectivity index (χ1n) is 7.74. The Morgan fingerprint density at radius 3 is 2.70 bits per heavy atom. The van der Waals surface area contributed by atoms with Crippen molar-refractivity contribution in [3.05, 3.63) is 52.4 Å². The van der Waals surface area contributed by atoms with Crippen molar-refractivity contribution >= 4 is 17.5 Å². The Morgan fingerprint density at radius 2 is 2.09 bits per heavy atom. The van der Waals surface area contributed by atoms with Gasteiger partial charge in [0.25, 0.3) is 0 Å². The van der Waals surface area contributed by atoms with Gasteiger partial charge in [-0.1, -0.05) is 35.5 Å². The summed E-state index contributed by atoms with van der Waals surface area (Å²) in [5.74, 6) is 0.0824. The number of rotatable bonds is 8. The van der Waals surface area contributed by atoms with E-state index in [1.54, 1.807) is 0 Å². The predicted molar refractivity (Wildman–Crippen MR) is 90.1 cm³/mol. The molecular weight excluding hydrogens is 314 g/mol. The van der Waals surface area contributed by atoms with Gasteiger partial charge in [0.2, 0.25) is 11.1 Å². The standard InChI is InChI=1S/C17H22ClN3O2/c1-13-15(17(18)23-20-13)8-9-16(22)21(11-5-10-19)12-14-6-3-2-4-7-14/h2-4,6-7H,5,8-12,19H2,1H3. The number of hydrogen-bond acceptors (Lipinski definition) is 4. The monoisotopic (exact) mass is 335 g/mol. The maximum absolute atomic E-state index is 12.6. The fraction of sp³-hybridized carbons (Fsp3) is 0.412. The minimum Gasteiger partial charge on any atom is -0.344 e. The van der Waals surface area contributed by atoms with Crippen LogP contribution in [0.25, 0.3) is 0 Å². The molecule has 0 unspecified atom stereocenters. The lowest BCUT2D eigenvalue weighted by Crippen LogP contribution is -2.32. The number of amides is 1. The second kappa shape index (κ2) is 8.70. The fourth-order valence-corrected chi connectivity index (χ4v) is 2.67. The summed E-state index contributed by atoms with van der Waals surface area (Å²) in [6.07, 6.45) is 1.69. The normalized spacial score (nSPS) is 10.7. The van der Waals surface area contributed by atoms with Gasteiger partial charge >= 0.3 is 0 Å². The number of nitrogens with two attached hydrogens (primary N) is 1. The highest BCUT2D eigenvalue weighted by Gasteiger charge is 2.17. The number of carbonyl (C=O) groups is 1. The van der Waals surface area contributed by atoms with Crippen LogP contribution in [0, 0.1) is 6.92 Å². The van der Waals surface area contributed by atoms with E-state index in [2.05, 4.69) is 5.16 Å². The van der Waals surface area contributed by atoms with Crippen LogP contribution >= 0.6 is 11.6 Å². The molecule has 0 atom stereocenters. The highest BCUT2D eigenvalue weighted by Crippen LogP contribution is 2.21. The van der Waals surface area contributed by atoms with Crippen molar-refractivity contribution in [1.29, 1.82) is 0 Å². The first-order valence-corrected chi connectivity index (χ1v) is 8.12. The largest absolute Gasteiger partial charge is 0.344 e. The molecule has 1 aromatic carbocycles. The van der Waals surface area contributed by atoms with Crippen LogP contribution in [0.15, 0.2) is 34.9 Å². The first-order chi connectivity index (χ1) is 11.1. The van der Waals surface area contributed by atoms with E-state index in [1.807, 2.05) is 42.2 Å². The van der Waals surface area contributed by atoms with Gasteiger partial charge < -0.3 is 15.2 Å². The summed E-state index contributed by atoms with van der Waals surface area (Å²) < 4.78 is 4.92. The molecule has 0 saturated heterocycles. The van der Waals surface area contributed by atoms with E-state index in [0.29, 0.717) is 32.5 Å². The molecule has 1 heterocycles. The Balaban J connectivity index is 1.98. The summed E-state index contributed by atoms with van der Waals surface area (Å²) in [5.41, 5.74) is 8.23. The summed E-state index contributed by atoms with van der Waals surface area (Å²) in [6.45, 7) is 3.64. The van der Waals surface area contributed by atoms with Crippen LogP contribution in [-0.4, -0.2) is 29.1 Å². The van der Waals surface area contributed by atoms with Crippen LogP contribution in [0.2, 0.25) is 5.22 Å². The number of halogens is 1. The smallest absolute Gasteiger partial charge is 0.229 e. The molecule has 1 amide bonds. The van der Waals surface area contributed by atoms with Crippen LogP contribution in [-0.2, 0) is 17.8 Å². The van der Waals surface area contributed by atoms with E-state index < -0.39 is 0 Å². The fourth-order valence-electron chi connectivity index (χ4n) is 2.41. The maximum atomic E-state index is 12.6. The molecule has 124 valence electrons. The Morgan fingerprint density at radius 1 is 1.35 bits per heavy atom. The molecule has 0 aliphatic rings. The van der Waals surface area contributed by atoms with Crippen LogP contribution in [0.1, 0.15) is 29.7 Å². The first kappa shape index (κ1) is 17.5. The van der Waals surface area contributed by atoms with Crippen molar-refractivity contribution in [2.75, 3.05) is 13.1 Å². The number of carbonyl (C=O) groups excluding carboxylic acids is 1. The second-order valence-corrected chi connectivity index (χ2v) is 5.81. The molecule has 2 aromatic rings. The van der Waals surface area contributed by atoms with E-state index in [9.17, 15) is 4.79 Å². The summed E-state index contributed by atoms with van der Waals surface area (Å²) in [5, 5.41) is 4.08. The lowest BCUT2D eigenvalue weighted by Gasteiger charge is -2.22. The molecular formula is C17H22ClN3O2. The average molecular weight is 336 g/mol. The molecule has 2 rings (SSSR count). The van der Waals surface area contributed by atoms with Crippen molar-refractivity contribution in [2.24, 2.45) is 5.73 Å². The third-order valence-electron chi connectivity index (χ3n) is 3.73. The molecule has 0 bridgehead atoms. The van der Waals surface area contributed by atoms with Crippen molar-refractivity contribution in [3.8, 4) is 0 Å². The number of aromatic nitrogens is 1. The number of benzene rings is 1. The highest BCUT2D eigenvalue weighted by atomic mass is 35.5. The molecule has 0 saturated carbocycles. The zero-order valence-corrected chi connectivity index (χ0v) is 14.1. The Labute approximate surface area is 141 Å². The summed E-state index contributed by atoms with van der Waals surface area (Å²) in [6, 6.07) is 9.95. The summed E-state index contributed by atoms with van der Waals surface area (Å²) in [7, 11) is 0. The Bertz CT molecular complexity index is 609. The van der Waals surface area contributed by atoms with Crippen LogP contribution in [0.3, 0.4) is 0 Å². The Hall–Kier alpha value is -1.85. The van der Waals surface area contributed by atoms with E-state index in [0.717, 1.165) is 23.2 Å². The van der Waals surface area contributed by atoms with Crippen LogP contribution < -0.4 is 5.73 Å². The van der Waals surface area contributed by atoms with Gasteiger partial charge in [-0.05, 0) is 43.5 Å². The Kier molecular flexibility index (Phi) is 6.62. The van der Waals surface area contributed by atoms with E-state index in [4.69, 9.17) is 21.9 Å². The van der Waals surface area contributed by atoms with Gasteiger partial charge in [-0.2, -0.15) is 0 Å². The van der Waals surface area contributed by atoms with Gasteiger partial charge in [0.15, 0.2) is 0 Å². The highest BCUT2D eigenvalue weighted by molar-refractivity contribution is 6.29. The number of hydrogen-bond donors (Lipinski definition) is 1. The minimum absolute atomic E-state index is 0.0824. The van der Waals surface area contributed by atoms with Crippen molar-refractivity contribution < 1.29 is 9.32 Å². The molecule has 23 heavy (non-hydrogen) atoms. The van der Waals surface area contributed by atoms with E-state index in [-0.39, 0.29) is 11.1 Å². The molecule has 0 aliphatic carbocycles. The molecule has 6 heteroatoms. The minimum atomic E-state index is 0.0824. The third-order valence-corrected chi connectivity index (χ3v) is 4.02. The second-order valence-electron chi connectivity index (χ2n) is 5.46. The molecule has 0 radical (unpaired) electrons. The number of nitrogens with zero attached hydrogens (tertiary/aromatic N) is 2. The third kappa shape index (κ3) is 5.08. The summed E-state index contributed by atoms with van der Waals surface area (Å²) >= 11 is 5.95. The zero-order valence-electron chi connectivity index (χ0n) is 13.3. The van der Waals surface area contributed by atoms with Gasteiger partial charge in [-0.25, -0.2) is 0 Å². The molecule has 2 N–H and O–H groups in total. The molecule has 0 spiro atoms. The zero-order chi connectivity index (χ0) is 16.7. The van der Waals surface area contributed by atoms with Gasteiger partial charge in [-0.3, -0.25) is 4.79 Å².